The van der Waals surface area contributed by atoms with Crippen molar-refractivity contribution in [1.29, 1.82) is 0 Å². The molecule has 3 saturated heterocycles. The van der Waals surface area contributed by atoms with Crippen LogP contribution in [0.2, 0.25) is 0 Å². The molecule has 0 radical (unpaired) electrons. The third-order valence-electron chi connectivity index (χ3n) is 6.23. The molecule has 1 N–H and O–H groups in total. The number of fused-ring (bicyclic) bond motifs is 1. The van der Waals surface area contributed by atoms with Crippen LogP contribution >= 0.6 is 0 Å². The van der Waals surface area contributed by atoms with Crippen molar-refractivity contribution in [2.75, 3.05) is 19.6 Å². The lowest BCUT2D eigenvalue weighted by Gasteiger charge is -2.40. The molecule has 1 aliphatic carbocycles. The summed E-state index contributed by atoms with van der Waals surface area (Å²) in [5, 5.41) is 3.44. The number of carbonyl (C=O) groups is 1. The van der Waals surface area contributed by atoms with E-state index in [0.29, 0.717) is 0 Å². The average molecular weight is 309 g/mol. The van der Waals surface area contributed by atoms with E-state index in [1.54, 1.807) is 0 Å². The topological polar surface area (TPSA) is 36.8 Å². The number of nitrogens with one attached hydrogen (secondary N) is 1. The highest BCUT2D eigenvalue weighted by Crippen LogP contribution is 2.49. The van der Waals surface area contributed by atoms with Crippen molar-refractivity contribution in [2.45, 2.75) is 31.7 Å². The van der Waals surface area contributed by atoms with Gasteiger partial charge < -0.3 is 14.6 Å². The van der Waals surface area contributed by atoms with Crippen LogP contribution in [-0.4, -0.2) is 40.4 Å². The second kappa shape index (κ2) is 4.60. The van der Waals surface area contributed by atoms with Gasteiger partial charge in [0.1, 0.15) is 0 Å². The summed E-state index contributed by atoms with van der Waals surface area (Å²) in [4.78, 5) is 15.6. The molecule has 120 valence electrons. The number of hydrogen-bond donors (Lipinski definition) is 1. The number of rotatable bonds is 3. The van der Waals surface area contributed by atoms with Gasteiger partial charge in [0.15, 0.2) is 0 Å². The Bertz CT molecular complexity index is 773. The Morgan fingerprint density at radius 2 is 2.09 bits per heavy atom. The van der Waals surface area contributed by atoms with Crippen molar-refractivity contribution in [3.05, 3.63) is 41.7 Å². The summed E-state index contributed by atoms with van der Waals surface area (Å²) in [6.07, 6.45) is 5.33. The molecule has 4 fully saturated rings. The molecule has 6 rings (SSSR count). The molecule has 3 aliphatic heterocycles. The minimum absolute atomic E-state index is 0.0261. The van der Waals surface area contributed by atoms with Crippen LogP contribution in [-0.2, 0) is 6.42 Å². The first-order valence-electron chi connectivity index (χ1n) is 8.81. The fourth-order valence-electron chi connectivity index (χ4n) is 5.40. The number of hydrogen-bond acceptors (Lipinski definition) is 2. The van der Waals surface area contributed by atoms with Crippen molar-refractivity contribution in [3.8, 4) is 0 Å². The Hall–Kier alpha value is -1.81. The lowest BCUT2D eigenvalue weighted by atomic mass is 9.90. The van der Waals surface area contributed by atoms with Crippen LogP contribution in [0.25, 0.3) is 5.52 Å². The second-order valence-corrected chi connectivity index (χ2v) is 7.72. The van der Waals surface area contributed by atoms with Crippen LogP contribution < -0.4 is 5.32 Å². The predicted molar refractivity (Wildman–Crippen MR) is 89.6 cm³/mol. The molecular weight excluding hydrogens is 286 g/mol. The summed E-state index contributed by atoms with van der Waals surface area (Å²) in [5.41, 5.74) is 3.07. The summed E-state index contributed by atoms with van der Waals surface area (Å²) in [5.74, 6) is 1.72. The van der Waals surface area contributed by atoms with Crippen molar-refractivity contribution >= 4 is 11.4 Å². The molecular formula is C19H23N3O. The number of carbonyl (C=O) groups excluding carboxylic acids is 1. The van der Waals surface area contributed by atoms with Gasteiger partial charge in [0.2, 0.25) is 0 Å². The summed E-state index contributed by atoms with van der Waals surface area (Å²) >= 11 is 0. The number of aromatic nitrogens is 1. The fourth-order valence-corrected chi connectivity index (χ4v) is 5.40. The zero-order valence-electron chi connectivity index (χ0n) is 13.6. The molecule has 4 bridgehead atoms. The van der Waals surface area contributed by atoms with Gasteiger partial charge in [-0.3, -0.25) is 4.79 Å². The minimum atomic E-state index is 0.0261. The molecule has 1 saturated carbocycles. The monoisotopic (exact) mass is 309 g/mol. The van der Waals surface area contributed by atoms with Crippen LogP contribution in [0.5, 0.6) is 0 Å². The highest BCUT2D eigenvalue weighted by molar-refractivity contribution is 6.01. The number of pyridine rings is 1. The van der Waals surface area contributed by atoms with Gasteiger partial charge in [0.25, 0.3) is 5.91 Å². The van der Waals surface area contributed by atoms with E-state index in [-0.39, 0.29) is 11.4 Å². The maximum absolute atomic E-state index is 13.0. The first kappa shape index (κ1) is 13.6. The molecule has 2 unspecified atom stereocenters. The largest absolute Gasteiger partial charge is 0.345 e. The number of nitrogens with zero attached hydrogens (tertiary/aromatic N) is 2. The Morgan fingerprint density at radius 1 is 1.30 bits per heavy atom. The molecule has 0 aromatic carbocycles. The van der Waals surface area contributed by atoms with Gasteiger partial charge in [-0.2, -0.15) is 0 Å². The van der Waals surface area contributed by atoms with Crippen LogP contribution in [0.1, 0.15) is 35.8 Å². The SMILES string of the molecule is CCc1cc(C(=O)NC23CC4CN(CC4C2)C3)c2ccccn12. The van der Waals surface area contributed by atoms with E-state index in [1.807, 2.05) is 18.2 Å². The second-order valence-electron chi connectivity index (χ2n) is 7.72. The van der Waals surface area contributed by atoms with E-state index >= 15 is 0 Å². The summed E-state index contributed by atoms with van der Waals surface area (Å²) < 4.78 is 2.14. The first-order valence-corrected chi connectivity index (χ1v) is 8.81. The molecule has 0 spiro atoms. The minimum Gasteiger partial charge on any atom is -0.345 e. The van der Waals surface area contributed by atoms with Crippen molar-refractivity contribution < 1.29 is 4.79 Å². The molecule has 2 aromatic heterocycles. The van der Waals surface area contributed by atoms with E-state index in [1.165, 1.54) is 31.6 Å². The van der Waals surface area contributed by atoms with Gasteiger partial charge in [-0.05, 0) is 49.3 Å². The Labute approximate surface area is 136 Å². The van der Waals surface area contributed by atoms with E-state index in [2.05, 4.69) is 33.8 Å². The zero-order chi connectivity index (χ0) is 15.6. The van der Waals surface area contributed by atoms with Gasteiger partial charge in [-0.1, -0.05) is 13.0 Å². The molecule has 23 heavy (non-hydrogen) atoms. The van der Waals surface area contributed by atoms with Crippen molar-refractivity contribution in [2.24, 2.45) is 11.8 Å². The van der Waals surface area contributed by atoms with Crippen LogP contribution in [0, 0.1) is 11.8 Å². The third kappa shape index (κ3) is 1.91. The molecule has 4 aliphatic rings. The Balaban J connectivity index is 1.48. The van der Waals surface area contributed by atoms with Gasteiger partial charge in [-0.15, -0.1) is 0 Å². The van der Waals surface area contributed by atoms with Crippen LogP contribution in [0.3, 0.4) is 0 Å². The number of amides is 1. The molecule has 1 amide bonds. The highest BCUT2D eigenvalue weighted by Gasteiger charge is 2.55. The van der Waals surface area contributed by atoms with E-state index in [9.17, 15) is 4.79 Å². The van der Waals surface area contributed by atoms with E-state index < -0.39 is 0 Å². The maximum Gasteiger partial charge on any atom is 0.253 e. The quantitative estimate of drug-likeness (QED) is 0.945. The normalized spacial score (nSPS) is 34.4. The molecule has 5 heterocycles. The van der Waals surface area contributed by atoms with Gasteiger partial charge in [-0.25, -0.2) is 0 Å². The Kier molecular flexibility index (Phi) is 2.72. The number of piperidine rings is 2. The van der Waals surface area contributed by atoms with Crippen LogP contribution in [0.4, 0.5) is 0 Å². The Morgan fingerprint density at radius 3 is 2.78 bits per heavy atom. The number of aryl methyl sites for hydroxylation is 1. The van der Waals surface area contributed by atoms with Gasteiger partial charge in [0.05, 0.1) is 16.6 Å². The van der Waals surface area contributed by atoms with E-state index in [0.717, 1.165) is 35.9 Å². The first-order chi connectivity index (χ1) is 11.2. The maximum atomic E-state index is 13.0. The summed E-state index contributed by atoms with van der Waals surface area (Å²) in [6, 6.07) is 8.15. The zero-order valence-corrected chi connectivity index (χ0v) is 13.6. The average Bonchev–Trinajstić information content (AvgIpc) is 3.12. The third-order valence-corrected chi connectivity index (χ3v) is 6.23. The van der Waals surface area contributed by atoms with Gasteiger partial charge in [0, 0.05) is 31.5 Å². The molecule has 2 atom stereocenters. The summed E-state index contributed by atoms with van der Waals surface area (Å²) in [6.45, 7) is 5.67. The van der Waals surface area contributed by atoms with Crippen molar-refractivity contribution in [3.63, 3.8) is 0 Å². The van der Waals surface area contributed by atoms with Gasteiger partial charge >= 0.3 is 0 Å². The highest BCUT2D eigenvalue weighted by atomic mass is 16.1. The lowest BCUT2D eigenvalue weighted by molar-refractivity contribution is 0.0802. The molecule has 4 heteroatoms. The smallest absolute Gasteiger partial charge is 0.253 e. The lowest BCUT2D eigenvalue weighted by Crippen LogP contribution is -2.58. The van der Waals surface area contributed by atoms with Crippen molar-refractivity contribution in [1.82, 2.24) is 14.6 Å². The summed E-state index contributed by atoms with van der Waals surface area (Å²) in [7, 11) is 0. The molecule has 4 nitrogen and oxygen atoms in total. The van der Waals surface area contributed by atoms with Crippen LogP contribution in [0.15, 0.2) is 30.5 Å². The molecule has 2 aromatic rings. The predicted octanol–water partition coefficient (Wildman–Crippen LogP) is 2.33. The fraction of sp³-hybridized carbons (Fsp3) is 0.526. The standard InChI is InChI=1S/C19H23N3O/c1-2-15-7-16(17-5-3-4-6-22(15)17)18(23)20-19-8-13-10-21(12-19)11-14(13)9-19/h3-7,13-14H,2,8-12H2,1H3,(H,20,23). The van der Waals surface area contributed by atoms with E-state index in [4.69, 9.17) is 0 Å².